The van der Waals surface area contributed by atoms with Crippen molar-refractivity contribution in [1.29, 1.82) is 5.26 Å². The Morgan fingerprint density at radius 2 is 2.50 bits per heavy atom. The van der Waals surface area contributed by atoms with Crippen molar-refractivity contribution >= 4 is 15.9 Å². The molecule has 0 N–H and O–H groups in total. The smallest absolute Gasteiger partial charge is 0.0947 e. The third-order valence-electron chi connectivity index (χ3n) is 1.42. The van der Waals surface area contributed by atoms with Gasteiger partial charge in [0.25, 0.3) is 0 Å². The molecular formula is C8H8BrN. The van der Waals surface area contributed by atoms with Crippen molar-refractivity contribution in [3.05, 3.63) is 23.8 Å². The molecule has 1 aliphatic carbocycles. The first-order chi connectivity index (χ1) is 4.64. The minimum Gasteiger partial charge on any atom is -0.193 e. The number of rotatable bonds is 0. The van der Waals surface area contributed by atoms with E-state index in [0.717, 1.165) is 12.0 Å². The molecule has 0 aromatic heterocycles. The molecule has 0 heterocycles. The van der Waals surface area contributed by atoms with Crippen LogP contribution in [-0.4, -0.2) is 4.32 Å². The molecule has 0 radical (unpaired) electrons. The standard InChI is InChI=1S/C8H8BrN/c1-8(9)4-2-3-7(5-8)6-10/h2-4H,5H2,1H3. The van der Waals surface area contributed by atoms with E-state index in [0.29, 0.717) is 0 Å². The van der Waals surface area contributed by atoms with Crippen molar-refractivity contribution < 1.29 is 0 Å². The Labute approximate surface area is 69.2 Å². The van der Waals surface area contributed by atoms with E-state index in [1.807, 2.05) is 25.2 Å². The maximum atomic E-state index is 8.55. The maximum absolute atomic E-state index is 8.55. The number of allylic oxidation sites excluding steroid dienone is 4. The first-order valence-corrected chi connectivity index (χ1v) is 3.91. The summed E-state index contributed by atoms with van der Waals surface area (Å²) in [5, 5.41) is 8.55. The Hall–Kier alpha value is -0.550. The number of nitriles is 1. The molecule has 0 spiro atoms. The summed E-state index contributed by atoms with van der Waals surface area (Å²) in [5.41, 5.74) is 0.835. The van der Waals surface area contributed by atoms with E-state index < -0.39 is 0 Å². The van der Waals surface area contributed by atoms with Crippen LogP contribution < -0.4 is 0 Å². The lowest BCUT2D eigenvalue weighted by molar-refractivity contribution is 0.795. The SMILES string of the molecule is CC1(Br)C=CC=C(C#N)C1. The summed E-state index contributed by atoms with van der Waals surface area (Å²) in [7, 11) is 0. The number of hydrogen-bond acceptors (Lipinski definition) is 1. The quantitative estimate of drug-likeness (QED) is 0.548. The molecule has 0 fully saturated rings. The van der Waals surface area contributed by atoms with Crippen LogP contribution in [0.25, 0.3) is 0 Å². The fourth-order valence-electron chi connectivity index (χ4n) is 0.932. The molecule has 0 aliphatic heterocycles. The van der Waals surface area contributed by atoms with Crippen LogP contribution >= 0.6 is 15.9 Å². The van der Waals surface area contributed by atoms with Gasteiger partial charge in [0.2, 0.25) is 0 Å². The minimum absolute atomic E-state index is 0.00713. The summed E-state index contributed by atoms with van der Waals surface area (Å²) in [6.45, 7) is 2.05. The van der Waals surface area contributed by atoms with Gasteiger partial charge >= 0.3 is 0 Å². The van der Waals surface area contributed by atoms with E-state index in [1.54, 1.807) is 0 Å². The fourth-order valence-corrected chi connectivity index (χ4v) is 1.39. The van der Waals surface area contributed by atoms with Crippen LogP contribution in [0.2, 0.25) is 0 Å². The van der Waals surface area contributed by atoms with Gasteiger partial charge in [-0.15, -0.1) is 0 Å². The summed E-state index contributed by atoms with van der Waals surface area (Å²) >= 11 is 3.49. The Bertz CT molecular complexity index is 230. The lowest BCUT2D eigenvalue weighted by Gasteiger charge is -2.19. The van der Waals surface area contributed by atoms with Crippen molar-refractivity contribution in [3.63, 3.8) is 0 Å². The molecule has 0 saturated carbocycles. The molecule has 1 nitrogen and oxygen atoms in total. The molecule has 52 valence electrons. The number of alkyl halides is 1. The van der Waals surface area contributed by atoms with E-state index >= 15 is 0 Å². The molecule has 1 atom stereocenters. The molecular weight excluding hydrogens is 190 g/mol. The number of nitrogens with zero attached hydrogens (tertiary/aromatic N) is 1. The van der Waals surface area contributed by atoms with Crippen LogP contribution in [0.1, 0.15) is 13.3 Å². The Morgan fingerprint density at radius 3 is 2.90 bits per heavy atom. The van der Waals surface area contributed by atoms with Crippen molar-refractivity contribution in [2.75, 3.05) is 0 Å². The maximum Gasteiger partial charge on any atom is 0.0947 e. The fraction of sp³-hybridized carbons (Fsp3) is 0.375. The third-order valence-corrected chi connectivity index (χ3v) is 1.97. The molecule has 0 amide bonds. The summed E-state index contributed by atoms with van der Waals surface area (Å²) < 4.78 is -0.00713. The topological polar surface area (TPSA) is 23.8 Å². The predicted molar refractivity (Wildman–Crippen MR) is 44.8 cm³/mol. The van der Waals surface area contributed by atoms with Crippen molar-refractivity contribution in [2.45, 2.75) is 17.7 Å². The lowest BCUT2D eigenvalue weighted by Crippen LogP contribution is -2.14. The van der Waals surface area contributed by atoms with Gasteiger partial charge in [0.15, 0.2) is 0 Å². The van der Waals surface area contributed by atoms with Crippen LogP contribution in [0.15, 0.2) is 23.8 Å². The zero-order valence-electron chi connectivity index (χ0n) is 5.76. The van der Waals surface area contributed by atoms with E-state index in [9.17, 15) is 0 Å². The van der Waals surface area contributed by atoms with Gasteiger partial charge in [-0.25, -0.2) is 0 Å². The van der Waals surface area contributed by atoms with E-state index in [-0.39, 0.29) is 4.32 Å². The Kier molecular flexibility index (Phi) is 1.96. The zero-order chi connectivity index (χ0) is 7.61. The summed E-state index contributed by atoms with van der Waals surface area (Å²) in [5.74, 6) is 0. The van der Waals surface area contributed by atoms with Crippen molar-refractivity contribution in [2.24, 2.45) is 0 Å². The summed E-state index contributed by atoms with van der Waals surface area (Å²) in [6.07, 6.45) is 6.60. The van der Waals surface area contributed by atoms with Crippen LogP contribution in [-0.2, 0) is 0 Å². The molecule has 10 heavy (non-hydrogen) atoms. The zero-order valence-corrected chi connectivity index (χ0v) is 7.35. The molecule has 0 saturated heterocycles. The van der Waals surface area contributed by atoms with Gasteiger partial charge in [0.1, 0.15) is 0 Å². The van der Waals surface area contributed by atoms with Gasteiger partial charge < -0.3 is 0 Å². The van der Waals surface area contributed by atoms with Crippen LogP contribution in [0.3, 0.4) is 0 Å². The Morgan fingerprint density at radius 1 is 1.80 bits per heavy atom. The van der Waals surface area contributed by atoms with Gasteiger partial charge in [-0.2, -0.15) is 5.26 Å². The molecule has 1 rings (SSSR count). The first kappa shape index (κ1) is 7.56. The molecule has 0 aromatic rings. The second-order valence-corrected chi connectivity index (χ2v) is 4.43. The average Bonchev–Trinajstić information content (AvgIpc) is 1.86. The normalized spacial score (nSPS) is 31.1. The van der Waals surface area contributed by atoms with E-state index in [2.05, 4.69) is 22.0 Å². The predicted octanol–water partition coefficient (Wildman–Crippen LogP) is 2.55. The molecule has 1 unspecified atom stereocenters. The average molecular weight is 198 g/mol. The first-order valence-electron chi connectivity index (χ1n) is 3.11. The molecule has 0 bridgehead atoms. The van der Waals surface area contributed by atoms with E-state index in [4.69, 9.17) is 5.26 Å². The highest BCUT2D eigenvalue weighted by atomic mass is 79.9. The van der Waals surface area contributed by atoms with E-state index in [1.165, 1.54) is 0 Å². The van der Waals surface area contributed by atoms with Crippen LogP contribution in [0.5, 0.6) is 0 Å². The monoisotopic (exact) mass is 197 g/mol. The highest BCUT2D eigenvalue weighted by molar-refractivity contribution is 9.10. The van der Waals surface area contributed by atoms with Crippen LogP contribution in [0, 0.1) is 11.3 Å². The van der Waals surface area contributed by atoms with Gasteiger partial charge in [0.05, 0.1) is 6.07 Å². The van der Waals surface area contributed by atoms with Crippen LogP contribution in [0.4, 0.5) is 0 Å². The molecule has 1 aliphatic rings. The number of hydrogen-bond donors (Lipinski definition) is 0. The Balaban J connectivity index is 2.80. The van der Waals surface area contributed by atoms with Gasteiger partial charge in [-0.3, -0.25) is 0 Å². The largest absolute Gasteiger partial charge is 0.193 e. The lowest BCUT2D eigenvalue weighted by atomic mass is 9.97. The van der Waals surface area contributed by atoms with Gasteiger partial charge in [-0.1, -0.05) is 28.1 Å². The van der Waals surface area contributed by atoms with Crippen molar-refractivity contribution in [1.82, 2.24) is 0 Å². The van der Waals surface area contributed by atoms with Gasteiger partial charge in [0, 0.05) is 16.3 Å². The summed E-state index contributed by atoms with van der Waals surface area (Å²) in [4.78, 5) is 0. The van der Waals surface area contributed by atoms with Gasteiger partial charge in [-0.05, 0) is 13.0 Å². The second kappa shape index (κ2) is 2.59. The molecule has 0 aromatic carbocycles. The highest BCUT2D eigenvalue weighted by Gasteiger charge is 2.20. The van der Waals surface area contributed by atoms with Crippen molar-refractivity contribution in [3.8, 4) is 6.07 Å². The number of halogens is 1. The molecule has 2 heteroatoms. The summed E-state index contributed by atoms with van der Waals surface area (Å²) in [6, 6.07) is 2.14. The highest BCUT2D eigenvalue weighted by Crippen LogP contribution is 2.30. The second-order valence-electron chi connectivity index (χ2n) is 2.62. The third kappa shape index (κ3) is 1.71. The minimum atomic E-state index is -0.00713.